The molecule has 3 aromatic carbocycles. The molecule has 0 aliphatic heterocycles. The van der Waals surface area contributed by atoms with Crippen LogP contribution in [-0.4, -0.2) is 24.1 Å². The quantitative estimate of drug-likeness (QED) is 0.206. The lowest BCUT2D eigenvalue weighted by molar-refractivity contribution is 0.628. The van der Waals surface area contributed by atoms with Crippen LogP contribution in [0.1, 0.15) is 19.4 Å². The van der Waals surface area contributed by atoms with Crippen molar-refractivity contribution in [2.45, 2.75) is 19.3 Å². The molecule has 4 aromatic heterocycles. The summed E-state index contributed by atoms with van der Waals surface area (Å²) in [7, 11) is 1.75. The van der Waals surface area contributed by atoms with Gasteiger partial charge in [0.05, 0.1) is 51.3 Å². The Labute approximate surface area is 258 Å². The van der Waals surface area contributed by atoms with Crippen molar-refractivity contribution in [3.8, 4) is 45.4 Å². The number of hydrogen-bond donors (Lipinski definition) is 0. The van der Waals surface area contributed by atoms with Gasteiger partial charge in [0.1, 0.15) is 5.82 Å². The highest BCUT2D eigenvalue weighted by Gasteiger charge is 2.21. The number of hydrogen-bond acceptors (Lipinski definition) is 5. The van der Waals surface area contributed by atoms with Gasteiger partial charge in [0.2, 0.25) is 0 Å². The molecule has 0 saturated carbocycles. The first-order chi connectivity index (χ1) is 21.7. The van der Waals surface area contributed by atoms with Gasteiger partial charge in [-0.25, -0.2) is 9.18 Å². The third-order valence-corrected chi connectivity index (χ3v) is 8.31. The van der Waals surface area contributed by atoms with Gasteiger partial charge >= 0.3 is 5.69 Å². The molecule has 0 N–H and O–H groups in total. The molecule has 0 bridgehead atoms. The second kappa shape index (κ2) is 10.6. The molecule has 0 aliphatic rings. The lowest BCUT2D eigenvalue weighted by atomic mass is 9.86. The zero-order chi connectivity index (χ0) is 31.3. The minimum absolute atomic E-state index is 0.179. The van der Waals surface area contributed by atoms with Crippen LogP contribution in [0.15, 0.2) is 114 Å². The number of nitriles is 1. The standard InChI is InChI=1S/C37H27FN6O/c1-37(2,22-39)27-9-13-29(14-10-27)44-35-30-18-24(6-17-33(30)42-21-34(35)43(3)36(44)45)25-7-15-32(40-19-25)26-8-16-31(41-20-26)23-4-11-28(38)12-5-23/h4-21H,1-3H3. The van der Waals surface area contributed by atoms with E-state index in [0.29, 0.717) is 5.69 Å². The highest BCUT2D eigenvalue weighted by molar-refractivity contribution is 6.04. The van der Waals surface area contributed by atoms with Gasteiger partial charge in [-0.1, -0.05) is 24.3 Å². The minimum atomic E-state index is -0.638. The number of aromatic nitrogens is 5. The Morgan fingerprint density at radius 2 is 1.36 bits per heavy atom. The molecule has 0 aliphatic carbocycles. The van der Waals surface area contributed by atoms with Crippen molar-refractivity contribution < 1.29 is 4.39 Å². The van der Waals surface area contributed by atoms with Crippen LogP contribution in [0.4, 0.5) is 4.39 Å². The van der Waals surface area contributed by atoms with Gasteiger partial charge in [-0.2, -0.15) is 5.26 Å². The van der Waals surface area contributed by atoms with E-state index in [9.17, 15) is 14.4 Å². The van der Waals surface area contributed by atoms with Crippen molar-refractivity contribution in [2.24, 2.45) is 7.05 Å². The zero-order valence-corrected chi connectivity index (χ0v) is 24.9. The maximum Gasteiger partial charge on any atom is 0.333 e. The Hall–Kier alpha value is -5.94. The maximum absolute atomic E-state index is 13.5. The normalized spacial score (nSPS) is 11.6. The maximum atomic E-state index is 13.5. The van der Waals surface area contributed by atoms with Gasteiger partial charge in [-0.15, -0.1) is 0 Å². The summed E-state index contributed by atoms with van der Waals surface area (Å²) in [6.45, 7) is 3.74. The molecule has 0 radical (unpaired) electrons. The average Bonchev–Trinajstić information content (AvgIpc) is 3.34. The van der Waals surface area contributed by atoms with E-state index in [2.05, 4.69) is 16.0 Å². The molecule has 0 fully saturated rings. The summed E-state index contributed by atoms with van der Waals surface area (Å²) in [6, 6.07) is 30.0. The van der Waals surface area contributed by atoms with Crippen LogP contribution >= 0.6 is 0 Å². The smallest absolute Gasteiger partial charge is 0.293 e. The number of benzene rings is 3. The van der Waals surface area contributed by atoms with E-state index in [-0.39, 0.29) is 11.5 Å². The molecule has 0 atom stereocenters. The molecule has 4 heterocycles. The number of nitrogens with zero attached hydrogens (tertiary/aromatic N) is 6. The van der Waals surface area contributed by atoms with E-state index in [1.54, 1.807) is 40.7 Å². The molecule has 0 unspecified atom stereocenters. The van der Waals surface area contributed by atoms with Crippen molar-refractivity contribution in [3.63, 3.8) is 0 Å². The summed E-state index contributed by atoms with van der Waals surface area (Å²) in [6.07, 6.45) is 5.32. The highest BCUT2D eigenvalue weighted by Crippen LogP contribution is 2.31. The van der Waals surface area contributed by atoms with E-state index < -0.39 is 5.41 Å². The lowest BCUT2D eigenvalue weighted by Gasteiger charge is -2.16. The van der Waals surface area contributed by atoms with Crippen LogP contribution in [0.2, 0.25) is 0 Å². The highest BCUT2D eigenvalue weighted by atomic mass is 19.1. The Bertz CT molecular complexity index is 2310. The monoisotopic (exact) mass is 590 g/mol. The molecular weight excluding hydrogens is 563 g/mol. The van der Waals surface area contributed by atoms with Crippen LogP contribution < -0.4 is 5.69 Å². The van der Waals surface area contributed by atoms with Gasteiger partial charge in [0.25, 0.3) is 0 Å². The molecule has 45 heavy (non-hydrogen) atoms. The summed E-state index contributed by atoms with van der Waals surface area (Å²) < 4.78 is 16.6. The topological polar surface area (TPSA) is 89.4 Å². The third kappa shape index (κ3) is 4.85. The van der Waals surface area contributed by atoms with Gasteiger partial charge in [-0.05, 0) is 91.7 Å². The molecule has 7 rings (SSSR count). The van der Waals surface area contributed by atoms with Crippen LogP contribution in [0.5, 0.6) is 0 Å². The van der Waals surface area contributed by atoms with Crippen LogP contribution in [0, 0.1) is 17.1 Å². The first-order valence-corrected chi connectivity index (χ1v) is 14.4. The van der Waals surface area contributed by atoms with Gasteiger partial charge < -0.3 is 0 Å². The summed E-state index contributed by atoms with van der Waals surface area (Å²) >= 11 is 0. The van der Waals surface area contributed by atoms with Crippen molar-refractivity contribution in [2.75, 3.05) is 0 Å². The zero-order valence-electron chi connectivity index (χ0n) is 24.9. The fourth-order valence-electron chi connectivity index (χ4n) is 5.58. The predicted octanol–water partition coefficient (Wildman–Crippen LogP) is 7.61. The van der Waals surface area contributed by atoms with E-state index >= 15 is 0 Å². The molecule has 8 heteroatoms. The first-order valence-electron chi connectivity index (χ1n) is 14.4. The number of pyridine rings is 3. The summed E-state index contributed by atoms with van der Waals surface area (Å²) in [5, 5.41) is 10.4. The molecule has 218 valence electrons. The SMILES string of the molecule is Cn1c(=O)n(-c2ccc(C(C)(C)C#N)cc2)c2c3cc(-c4ccc(-c5ccc(-c6ccc(F)cc6)nc5)nc4)ccc3ncc21. The Morgan fingerprint density at radius 1 is 0.733 bits per heavy atom. The van der Waals surface area contributed by atoms with E-state index in [0.717, 1.165) is 61.1 Å². The number of rotatable bonds is 5. The van der Waals surface area contributed by atoms with Gasteiger partial charge in [-0.3, -0.25) is 24.1 Å². The van der Waals surface area contributed by atoms with Gasteiger partial charge in [0.15, 0.2) is 0 Å². The molecule has 0 amide bonds. The summed E-state index contributed by atoms with van der Waals surface area (Å²) in [4.78, 5) is 27.4. The third-order valence-electron chi connectivity index (χ3n) is 8.31. The van der Waals surface area contributed by atoms with Crippen molar-refractivity contribution >= 4 is 21.9 Å². The van der Waals surface area contributed by atoms with Gasteiger partial charge in [0, 0.05) is 41.5 Å². The van der Waals surface area contributed by atoms with Crippen LogP contribution in [0.25, 0.3) is 61.3 Å². The Kier molecular flexibility index (Phi) is 6.59. The van der Waals surface area contributed by atoms with Crippen LogP contribution in [0.3, 0.4) is 0 Å². The molecule has 7 nitrogen and oxygen atoms in total. The van der Waals surface area contributed by atoms with Crippen molar-refractivity contribution in [1.29, 1.82) is 5.26 Å². The fourth-order valence-corrected chi connectivity index (χ4v) is 5.58. The average molecular weight is 591 g/mol. The van der Waals surface area contributed by atoms with E-state index in [1.807, 2.05) is 86.8 Å². The second-order valence-corrected chi connectivity index (χ2v) is 11.6. The largest absolute Gasteiger partial charge is 0.333 e. The number of halogens is 1. The number of fused-ring (bicyclic) bond motifs is 3. The summed E-state index contributed by atoms with van der Waals surface area (Å²) in [5.41, 5.74) is 8.13. The minimum Gasteiger partial charge on any atom is -0.293 e. The fraction of sp³-hybridized carbons (Fsp3) is 0.108. The van der Waals surface area contributed by atoms with Crippen molar-refractivity contribution in [3.05, 3.63) is 131 Å². The van der Waals surface area contributed by atoms with E-state index in [1.165, 1.54) is 12.1 Å². The van der Waals surface area contributed by atoms with Crippen molar-refractivity contribution in [1.82, 2.24) is 24.1 Å². The Morgan fingerprint density at radius 3 is 2.00 bits per heavy atom. The number of aryl methyl sites for hydroxylation is 1. The first kappa shape index (κ1) is 27.9. The molecule has 0 saturated heterocycles. The predicted molar refractivity (Wildman–Crippen MR) is 174 cm³/mol. The molecule has 7 aromatic rings. The lowest BCUT2D eigenvalue weighted by Crippen LogP contribution is -2.21. The number of imidazole rings is 1. The summed E-state index contributed by atoms with van der Waals surface area (Å²) in [5.74, 6) is -0.281. The van der Waals surface area contributed by atoms with E-state index in [4.69, 9.17) is 4.98 Å². The molecule has 0 spiro atoms. The van der Waals surface area contributed by atoms with Crippen LogP contribution in [-0.2, 0) is 12.5 Å². The second-order valence-electron chi connectivity index (χ2n) is 11.6. The Balaban J connectivity index is 1.26. The molecular formula is C37H27FN6O.